The lowest BCUT2D eigenvalue weighted by Crippen LogP contribution is -2.30. The van der Waals surface area contributed by atoms with Crippen molar-refractivity contribution in [1.29, 1.82) is 0 Å². The Labute approximate surface area is 138 Å². The van der Waals surface area contributed by atoms with Crippen molar-refractivity contribution in [3.63, 3.8) is 0 Å². The lowest BCUT2D eigenvalue weighted by atomic mass is 9.97. The van der Waals surface area contributed by atoms with Gasteiger partial charge in [-0.15, -0.1) is 0 Å². The smallest absolute Gasteiger partial charge is 0.224 e. The van der Waals surface area contributed by atoms with Gasteiger partial charge in [0.05, 0.1) is 19.6 Å². The molecular formula is C20H25NO2. The van der Waals surface area contributed by atoms with Gasteiger partial charge in [-0.25, -0.2) is 0 Å². The largest absolute Gasteiger partial charge is 0.497 e. The molecule has 0 aliphatic carbocycles. The summed E-state index contributed by atoms with van der Waals surface area (Å²) in [5, 5.41) is 3.15. The predicted molar refractivity (Wildman–Crippen MR) is 93.8 cm³/mol. The Morgan fingerprint density at radius 1 is 1.13 bits per heavy atom. The molecule has 0 heterocycles. The average molecular weight is 311 g/mol. The van der Waals surface area contributed by atoms with Gasteiger partial charge in [0.15, 0.2) is 0 Å². The number of carbonyl (C=O) groups is 1. The van der Waals surface area contributed by atoms with Crippen LogP contribution in [0.1, 0.15) is 41.6 Å². The normalized spacial score (nSPS) is 11.8. The summed E-state index contributed by atoms with van der Waals surface area (Å²) in [6, 6.07) is 14.0. The Balaban J connectivity index is 2.04. The number of rotatable bonds is 6. The van der Waals surface area contributed by atoms with E-state index in [9.17, 15) is 4.79 Å². The van der Waals surface area contributed by atoms with Crippen LogP contribution in [0.25, 0.3) is 0 Å². The van der Waals surface area contributed by atoms with Gasteiger partial charge in [0.2, 0.25) is 5.91 Å². The van der Waals surface area contributed by atoms with E-state index < -0.39 is 0 Å². The SMILES string of the molecule is CC[C@@H](NC(=O)Cc1ccc(OC)cc1)c1ccc(C)cc1C. The Bertz CT molecular complexity index is 662. The molecule has 1 amide bonds. The van der Waals surface area contributed by atoms with Crippen molar-refractivity contribution in [3.05, 3.63) is 64.7 Å². The number of carbonyl (C=O) groups excluding carboxylic acids is 1. The van der Waals surface area contributed by atoms with Crippen LogP contribution in [0.2, 0.25) is 0 Å². The molecule has 0 aromatic heterocycles. The molecule has 0 aliphatic rings. The van der Waals surface area contributed by atoms with Crippen LogP contribution in [-0.4, -0.2) is 13.0 Å². The van der Waals surface area contributed by atoms with Crippen LogP contribution in [0.4, 0.5) is 0 Å². The van der Waals surface area contributed by atoms with Gasteiger partial charge in [-0.05, 0) is 49.1 Å². The van der Waals surface area contributed by atoms with E-state index >= 15 is 0 Å². The maximum absolute atomic E-state index is 12.3. The molecule has 2 rings (SSSR count). The van der Waals surface area contributed by atoms with Gasteiger partial charge in [-0.2, -0.15) is 0 Å². The molecule has 122 valence electrons. The molecule has 0 saturated carbocycles. The summed E-state index contributed by atoms with van der Waals surface area (Å²) >= 11 is 0. The summed E-state index contributed by atoms with van der Waals surface area (Å²) < 4.78 is 5.14. The maximum Gasteiger partial charge on any atom is 0.224 e. The topological polar surface area (TPSA) is 38.3 Å². The third-order valence-corrected chi connectivity index (χ3v) is 4.07. The van der Waals surface area contributed by atoms with Crippen molar-refractivity contribution < 1.29 is 9.53 Å². The zero-order valence-corrected chi connectivity index (χ0v) is 14.3. The molecular weight excluding hydrogens is 286 g/mol. The second-order valence-corrected chi connectivity index (χ2v) is 5.91. The highest BCUT2D eigenvalue weighted by Crippen LogP contribution is 2.22. The summed E-state index contributed by atoms with van der Waals surface area (Å²) in [7, 11) is 1.64. The van der Waals surface area contributed by atoms with E-state index in [0.717, 1.165) is 17.7 Å². The molecule has 2 aromatic carbocycles. The minimum Gasteiger partial charge on any atom is -0.497 e. The van der Waals surface area contributed by atoms with Gasteiger partial charge in [0.1, 0.15) is 5.75 Å². The molecule has 1 N–H and O–H groups in total. The molecule has 0 aliphatic heterocycles. The average Bonchev–Trinajstić information content (AvgIpc) is 2.54. The van der Waals surface area contributed by atoms with Crippen LogP contribution >= 0.6 is 0 Å². The number of nitrogens with one attached hydrogen (secondary N) is 1. The van der Waals surface area contributed by atoms with Crippen LogP contribution < -0.4 is 10.1 Å². The fraction of sp³-hybridized carbons (Fsp3) is 0.350. The van der Waals surface area contributed by atoms with Crippen molar-refractivity contribution in [2.24, 2.45) is 0 Å². The van der Waals surface area contributed by atoms with Crippen molar-refractivity contribution in [1.82, 2.24) is 5.32 Å². The van der Waals surface area contributed by atoms with Gasteiger partial charge in [0, 0.05) is 0 Å². The Morgan fingerprint density at radius 3 is 2.39 bits per heavy atom. The number of ether oxygens (including phenoxy) is 1. The summed E-state index contributed by atoms with van der Waals surface area (Å²) in [6.07, 6.45) is 1.25. The molecule has 3 nitrogen and oxygen atoms in total. The molecule has 2 aromatic rings. The minimum atomic E-state index is 0.0435. The lowest BCUT2D eigenvalue weighted by Gasteiger charge is -2.20. The van der Waals surface area contributed by atoms with E-state index in [2.05, 4.69) is 44.3 Å². The van der Waals surface area contributed by atoms with Crippen LogP contribution in [-0.2, 0) is 11.2 Å². The molecule has 0 saturated heterocycles. The summed E-state index contributed by atoms with van der Waals surface area (Å²) in [5.41, 5.74) is 4.65. The van der Waals surface area contributed by atoms with Gasteiger partial charge < -0.3 is 10.1 Å². The maximum atomic E-state index is 12.3. The number of amides is 1. The highest BCUT2D eigenvalue weighted by molar-refractivity contribution is 5.79. The van der Waals surface area contributed by atoms with E-state index in [0.29, 0.717) is 6.42 Å². The summed E-state index contributed by atoms with van der Waals surface area (Å²) in [4.78, 5) is 12.3. The van der Waals surface area contributed by atoms with Crippen LogP contribution in [0.3, 0.4) is 0 Å². The van der Waals surface area contributed by atoms with Crippen LogP contribution in [0.5, 0.6) is 5.75 Å². The number of benzene rings is 2. The number of hydrogen-bond donors (Lipinski definition) is 1. The van der Waals surface area contributed by atoms with Crippen molar-refractivity contribution in [3.8, 4) is 5.75 Å². The van der Waals surface area contributed by atoms with Gasteiger partial charge in [-0.3, -0.25) is 4.79 Å². The molecule has 3 heteroatoms. The molecule has 0 bridgehead atoms. The van der Waals surface area contributed by atoms with Crippen molar-refractivity contribution >= 4 is 5.91 Å². The Hall–Kier alpha value is -2.29. The zero-order chi connectivity index (χ0) is 16.8. The quantitative estimate of drug-likeness (QED) is 0.871. The fourth-order valence-corrected chi connectivity index (χ4v) is 2.79. The third-order valence-electron chi connectivity index (χ3n) is 4.07. The van der Waals surface area contributed by atoms with Gasteiger partial charge in [-0.1, -0.05) is 42.8 Å². The first-order valence-electron chi connectivity index (χ1n) is 8.03. The Kier molecular flexibility index (Phi) is 5.80. The first-order chi connectivity index (χ1) is 11.0. The van der Waals surface area contributed by atoms with Crippen molar-refractivity contribution in [2.75, 3.05) is 7.11 Å². The third kappa shape index (κ3) is 4.59. The monoisotopic (exact) mass is 311 g/mol. The number of aryl methyl sites for hydroxylation is 2. The van der Waals surface area contributed by atoms with Crippen LogP contribution in [0, 0.1) is 13.8 Å². The molecule has 0 radical (unpaired) electrons. The highest BCUT2D eigenvalue weighted by Gasteiger charge is 2.15. The minimum absolute atomic E-state index is 0.0435. The number of methoxy groups -OCH3 is 1. The van der Waals surface area contributed by atoms with Crippen molar-refractivity contribution in [2.45, 2.75) is 39.7 Å². The summed E-state index contributed by atoms with van der Waals surface area (Å²) in [5.74, 6) is 0.845. The predicted octanol–water partition coefficient (Wildman–Crippen LogP) is 4.12. The second kappa shape index (κ2) is 7.82. The van der Waals surface area contributed by atoms with E-state index in [1.54, 1.807) is 7.11 Å². The highest BCUT2D eigenvalue weighted by atomic mass is 16.5. The van der Waals surface area contributed by atoms with Crippen LogP contribution in [0.15, 0.2) is 42.5 Å². The standard InChI is InChI=1S/C20H25NO2/c1-5-19(18-11-6-14(2)12-15(18)3)21-20(22)13-16-7-9-17(23-4)10-8-16/h6-12,19H,5,13H2,1-4H3,(H,21,22)/t19-/m1/s1. The zero-order valence-electron chi connectivity index (χ0n) is 14.3. The number of hydrogen-bond acceptors (Lipinski definition) is 2. The van der Waals surface area contributed by atoms with E-state index in [-0.39, 0.29) is 11.9 Å². The second-order valence-electron chi connectivity index (χ2n) is 5.91. The first kappa shape index (κ1) is 17.1. The molecule has 0 fully saturated rings. The molecule has 0 unspecified atom stereocenters. The summed E-state index contributed by atoms with van der Waals surface area (Å²) in [6.45, 7) is 6.28. The van der Waals surface area contributed by atoms with Gasteiger partial charge >= 0.3 is 0 Å². The molecule has 1 atom stereocenters. The fourth-order valence-electron chi connectivity index (χ4n) is 2.79. The lowest BCUT2D eigenvalue weighted by molar-refractivity contribution is -0.121. The molecule has 0 spiro atoms. The Morgan fingerprint density at radius 2 is 1.83 bits per heavy atom. The van der Waals surface area contributed by atoms with Gasteiger partial charge in [0.25, 0.3) is 0 Å². The van der Waals surface area contributed by atoms with E-state index in [1.165, 1.54) is 16.7 Å². The van der Waals surface area contributed by atoms with E-state index in [1.807, 2.05) is 24.3 Å². The van der Waals surface area contributed by atoms with E-state index in [4.69, 9.17) is 4.74 Å². The molecule has 23 heavy (non-hydrogen) atoms. The first-order valence-corrected chi connectivity index (χ1v) is 8.03.